The Morgan fingerprint density at radius 1 is 1.53 bits per heavy atom. The van der Waals surface area contributed by atoms with E-state index in [1.165, 1.54) is 0 Å². The number of hydrogen-bond acceptors (Lipinski definition) is 2. The maximum absolute atomic E-state index is 11.7. The van der Waals surface area contributed by atoms with Crippen LogP contribution in [-0.2, 0) is 4.79 Å². The van der Waals surface area contributed by atoms with Crippen molar-refractivity contribution in [3.63, 3.8) is 0 Å². The van der Waals surface area contributed by atoms with Gasteiger partial charge in [-0.1, -0.05) is 15.9 Å². The molecule has 0 spiro atoms. The fraction of sp³-hybridized carbons (Fsp3) is 0.364. The normalized spacial score (nSPS) is 20.6. The molecule has 3 nitrogen and oxygen atoms in total. The first-order chi connectivity index (χ1) is 7.08. The first kappa shape index (κ1) is 10.5. The number of carbonyl (C=O) groups is 1. The van der Waals surface area contributed by atoms with Gasteiger partial charge in [-0.15, -0.1) is 0 Å². The molecule has 1 amide bonds. The zero-order valence-electron chi connectivity index (χ0n) is 8.66. The summed E-state index contributed by atoms with van der Waals surface area (Å²) in [7, 11) is 1.77. The Kier molecular flexibility index (Phi) is 2.69. The molecular formula is C11H12BrNO2. The van der Waals surface area contributed by atoms with Crippen LogP contribution in [0.3, 0.4) is 0 Å². The van der Waals surface area contributed by atoms with Gasteiger partial charge in [0, 0.05) is 11.5 Å². The van der Waals surface area contributed by atoms with Crippen LogP contribution in [0.1, 0.15) is 13.3 Å². The summed E-state index contributed by atoms with van der Waals surface area (Å²) in [4.78, 5) is 13.4. The second-order valence-corrected chi connectivity index (χ2v) is 4.61. The number of anilines is 1. The van der Waals surface area contributed by atoms with Crippen molar-refractivity contribution >= 4 is 27.5 Å². The van der Waals surface area contributed by atoms with Gasteiger partial charge in [0.15, 0.2) is 0 Å². The van der Waals surface area contributed by atoms with Gasteiger partial charge >= 0.3 is 0 Å². The van der Waals surface area contributed by atoms with Crippen molar-refractivity contribution in [2.75, 3.05) is 11.9 Å². The molecular weight excluding hydrogens is 258 g/mol. The number of carbonyl (C=O) groups excluding carboxylic acids is 1. The highest BCUT2D eigenvalue weighted by Crippen LogP contribution is 2.34. The van der Waals surface area contributed by atoms with Gasteiger partial charge in [-0.2, -0.15) is 0 Å². The molecule has 0 N–H and O–H groups in total. The quantitative estimate of drug-likeness (QED) is 0.725. The van der Waals surface area contributed by atoms with Gasteiger partial charge in [-0.05, 0) is 25.1 Å². The summed E-state index contributed by atoms with van der Waals surface area (Å²) in [5.74, 6) is 0.841. The molecule has 0 saturated carbocycles. The summed E-state index contributed by atoms with van der Waals surface area (Å²) in [6.45, 7) is 1.90. The van der Waals surface area contributed by atoms with E-state index >= 15 is 0 Å². The van der Waals surface area contributed by atoms with Crippen molar-refractivity contribution in [2.24, 2.45) is 0 Å². The van der Waals surface area contributed by atoms with Crippen LogP contribution in [0.4, 0.5) is 5.69 Å². The zero-order chi connectivity index (χ0) is 11.0. The Bertz CT molecular complexity index is 406. The van der Waals surface area contributed by atoms with E-state index in [4.69, 9.17) is 4.74 Å². The van der Waals surface area contributed by atoms with Crippen molar-refractivity contribution in [1.82, 2.24) is 0 Å². The number of hydrogen-bond donors (Lipinski definition) is 0. The van der Waals surface area contributed by atoms with Crippen molar-refractivity contribution in [1.29, 1.82) is 0 Å². The molecule has 2 rings (SSSR count). The number of amides is 1. The molecule has 0 fully saturated rings. The van der Waals surface area contributed by atoms with E-state index in [1.807, 2.05) is 25.1 Å². The van der Waals surface area contributed by atoms with Crippen molar-refractivity contribution < 1.29 is 9.53 Å². The Labute approximate surface area is 97.2 Å². The van der Waals surface area contributed by atoms with Gasteiger partial charge < -0.3 is 9.64 Å². The van der Waals surface area contributed by atoms with Gasteiger partial charge in [0.2, 0.25) is 5.91 Å². The lowest BCUT2D eigenvalue weighted by Crippen LogP contribution is -2.27. The second kappa shape index (κ2) is 3.85. The van der Waals surface area contributed by atoms with Crippen LogP contribution in [0, 0.1) is 0 Å². The molecule has 0 saturated heterocycles. The molecule has 1 aliphatic rings. The van der Waals surface area contributed by atoms with Gasteiger partial charge in [0.25, 0.3) is 0 Å². The highest BCUT2D eigenvalue weighted by molar-refractivity contribution is 9.10. The Hall–Kier alpha value is -1.03. The summed E-state index contributed by atoms with van der Waals surface area (Å²) in [5.41, 5.74) is 0.826. The summed E-state index contributed by atoms with van der Waals surface area (Å²) in [5, 5.41) is 0. The summed E-state index contributed by atoms with van der Waals surface area (Å²) in [6, 6.07) is 5.68. The number of fused-ring (bicyclic) bond motifs is 1. The van der Waals surface area contributed by atoms with Crippen molar-refractivity contribution in [3.05, 3.63) is 22.7 Å². The average molecular weight is 270 g/mol. The van der Waals surface area contributed by atoms with Crippen LogP contribution in [0.25, 0.3) is 0 Å². The Morgan fingerprint density at radius 2 is 2.27 bits per heavy atom. The molecule has 0 bridgehead atoms. The van der Waals surface area contributed by atoms with E-state index in [0.717, 1.165) is 15.9 Å². The smallest absolute Gasteiger partial charge is 0.230 e. The number of nitrogens with zero attached hydrogens (tertiary/aromatic N) is 1. The fourth-order valence-corrected chi connectivity index (χ4v) is 1.98. The largest absolute Gasteiger partial charge is 0.488 e. The second-order valence-electron chi connectivity index (χ2n) is 3.70. The predicted octanol–water partition coefficient (Wildman–Crippen LogP) is 2.58. The lowest BCUT2D eigenvalue weighted by Gasteiger charge is -2.16. The van der Waals surface area contributed by atoms with E-state index in [-0.39, 0.29) is 12.0 Å². The molecule has 0 aromatic heterocycles. The standard InChI is InChI=1S/C11H12BrNO2/c1-7-5-11(14)13(2)9-4-3-8(12)6-10(9)15-7/h3-4,6-7H,5H2,1-2H3. The molecule has 0 radical (unpaired) electrons. The van der Waals surface area contributed by atoms with E-state index in [1.54, 1.807) is 11.9 Å². The number of benzene rings is 1. The third-order valence-corrected chi connectivity index (χ3v) is 2.94. The molecule has 4 heteroatoms. The number of halogens is 1. The van der Waals surface area contributed by atoms with Crippen LogP contribution in [0.5, 0.6) is 5.75 Å². The third kappa shape index (κ3) is 2.00. The number of rotatable bonds is 0. The van der Waals surface area contributed by atoms with Crippen molar-refractivity contribution in [2.45, 2.75) is 19.4 Å². The predicted molar refractivity (Wildman–Crippen MR) is 62.3 cm³/mol. The zero-order valence-corrected chi connectivity index (χ0v) is 10.2. The molecule has 1 aromatic rings. The van der Waals surface area contributed by atoms with Crippen LogP contribution >= 0.6 is 15.9 Å². The topological polar surface area (TPSA) is 29.5 Å². The van der Waals surface area contributed by atoms with Crippen LogP contribution in [-0.4, -0.2) is 19.1 Å². The highest BCUT2D eigenvalue weighted by Gasteiger charge is 2.23. The molecule has 0 aliphatic carbocycles. The highest BCUT2D eigenvalue weighted by atomic mass is 79.9. The lowest BCUT2D eigenvalue weighted by molar-refractivity contribution is -0.119. The van der Waals surface area contributed by atoms with E-state index in [2.05, 4.69) is 15.9 Å². The first-order valence-corrected chi connectivity index (χ1v) is 5.60. The Balaban J connectivity index is 2.49. The first-order valence-electron chi connectivity index (χ1n) is 4.80. The van der Waals surface area contributed by atoms with Gasteiger partial charge in [-0.25, -0.2) is 0 Å². The monoisotopic (exact) mass is 269 g/mol. The van der Waals surface area contributed by atoms with E-state index in [9.17, 15) is 4.79 Å². The maximum Gasteiger partial charge on any atom is 0.230 e. The van der Waals surface area contributed by atoms with E-state index in [0.29, 0.717) is 6.42 Å². The number of ether oxygens (including phenoxy) is 1. The molecule has 15 heavy (non-hydrogen) atoms. The summed E-state index contributed by atoms with van der Waals surface area (Å²) >= 11 is 3.39. The lowest BCUT2D eigenvalue weighted by atomic mass is 10.2. The van der Waals surface area contributed by atoms with E-state index < -0.39 is 0 Å². The van der Waals surface area contributed by atoms with Gasteiger partial charge in [-0.3, -0.25) is 4.79 Å². The van der Waals surface area contributed by atoms with Crippen LogP contribution in [0.2, 0.25) is 0 Å². The SMILES string of the molecule is CC1CC(=O)N(C)c2ccc(Br)cc2O1. The fourth-order valence-electron chi connectivity index (χ4n) is 1.64. The minimum atomic E-state index is -0.0736. The minimum Gasteiger partial charge on any atom is -0.488 e. The maximum atomic E-state index is 11.7. The third-order valence-electron chi connectivity index (χ3n) is 2.45. The molecule has 80 valence electrons. The summed E-state index contributed by atoms with van der Waals surface area (Å²) in [6.07, 6.45) is 0.346. The molecule has 1 aromatic carbocycles. The molecule has 1 unspecified atom stereocenters. The Morgan fingerprint density at radius 3 is 3.00 bits per heavy atom. The van der Waals surface area contributed by atoms with Gasteiger partial charge in [0.05, 0.1) is 12.1 Å². The molecule has 1 aliphatic heterocycles. The molecule has 1 atom stereocenters. The summed E-state index contributed by atoms with van der Waals surface area (Å²) < 4.78 is 6.64. The van der Waals surface area contributed by atoms with Crippen LogP contribution < -0.4 is 9.64 Å². The van der Waals surface area contributed by atoms with Crippen LogP contribution in [0.15, 0.2) is 22.7 Å². The van der Waals surface area contributed by atoms with Crippen molar-refractivity contribution in [3.8, 4) is 5.75 Å². The van der Waals surface area contributed by atoms with Gasteiger partial charge in [0.1, 0.15) is 11.9 Å². The molecule has 1 heterocycles. The minimum absolute atomic E-state index is 0.0736. The average Bonchev–Trinajstić information content (AvgIpc) is 2.25.